The number of hydrogen-bond donors (Lipinski definition) is 1. The summed E-state index contributed by atoms with van der Waals surface area (Å²) in [5.41, 5.74) is 3.31. The van der Waals surface area contributed by atoms with Gasteiger partial charge in [0.15, 0.2) is 0 Å². The third-order valence-electron chi connectivity index (χ3n) is 3.73. The van der Waals surface area contributed by atoms with E-state index >= 15 is 0 Å². The number of sulfonamides is 1. The molecule has 1 N–H and O–H groups in total. The number of fused-ring (bicyclic) bond motifs is 1. The number of hydrogen-bond acceptors (Lipinski definition) is 4. The predicted octanol–water partition coefficient (Wildman–Crippen LogP) is 0.953. The van der Waals surface area contributed by atoms with Crippen LogP contribution in [0.25, 0.3) is 10.9 Å². The van der Waals surface area contributed by atoms with Gasteiger partial charge in [-0.05, 0) is 24.6 Å². The minimum Gasteiger partial charge on any atom is -0.368 e. The summed E-state index contributed by atoms with van der Waals surface area (Å²) in [7, 11) is -3.08. The van der Waals surface area contributed by atoms with Gasteiger partial charge in [-0.25, -0.2) is 8.42 Å². The molecule has 0 aliphatic carbocycles. The van der Waals surface area contributed by atoms with E-state index in [1.807, 2.05) is 6.20 Å². The Kier molecular flexibility index (Phi) is 3.18. The van der Waals surface area contributed by atoms with Gasteiger partial charge in [-0.2, -0.15) is 9.40 Å². The fourth-order valence-corrected chi connectivity index (χ4v) is 3.52. The number of rotatable bonds is 2. The van der Waals surface area contributed by atoms with Crippen molar-refractivity contribution in [3.05, 3.63) is 23.9 Å². The number of benzene rings is 1. The second kappa shape index (κ2) is 4.75. The second-order valence-electron chi connectivity index (χ2n) is 5.26. The Bertz CT molecular complexity index is 730. The molecule has 20 heavy (non-hydrogen) atoms. The van der Waals surface area contributed by atoms with Gasteiger partial charge in [0.1, 0.15) is 0 Å². The molecule has 0 amide bonds. The van der Waals surface area contributed by atoms with Crippen LogP contribution in [0.5, 0.6) is 0 Å². The van der Waals surface area contributed by atoms with Gasteiger partial charge in [0.2, 0.25) is 10.0 Å². The number of aromatic amines is 1. The highest BCUT2D eigenvalue weighted by Crippen LogP contribution is 2.28. The van der Waals surface area contributed by atoms with E-state index in [0.29, 0.717) is 26.2 Å². The lowest BCUT2D eigenvalue weighted by Crippen LogP contribution is -2.48. The molecule has 3 rings (SSSR count). The zero-order valence-corrected chi connectivity index (χ0v) is 12.4. The minimum atomic E-state index is -3.08. The van der Waals surface area contributed by atoms with Crippen molar-refractivity contribution < 1.29 is 8.42 Å². The molecule has 2 aromatic rings. The van der Waals surface area contributed by atoms with Gasteiger partial charge in [0, 0.05) is 37.3 Å². The summed E-state index contributed by atoms with van der Waals surface area (Å²) in [5, 5.41) is 8.17. The van der Waals surface area contributed by atoms with Crippen molar-refractivity contribution in [3.8, 4) is 0 Å². The normalized spacial score (nSPS) is 17.8. The van der Waals surface area contributed by atoms with Crippen LogP contribution in [0.2, 0.25) is 0 Å². The molecular weight excluding hydrogens is 276 g/mol. The molecule has 1 fully saturated rings. The van der Waals surface area contributed by atoms with E-state index in [-0.39, 0.29) is 0 Å². The summed E-state index contributed by atoms with van der Waals surface area (Å²) >= 11 is 0. The van der Waals surface area contributed by atoms with Gasteiger partial charge in [0.05, 0.1) is 18.0 Å². The molecule has 2 heterocycles. The van der Waals surface area contributed by atoms with Gasteiger partial charge < -0.3 is 4.90 Å². The Labute approximate surface area is 118 Å². The lowest BCUT2D eigenvalue weighted by Gasteiger charge is -2.35. The molecule has 0 saturated carbocycles. The summed E-state index contributed by atoms with van der Waals surface area (Å²) in [6.45, 7) is 4.53. The molecule has 0 spiro atoms. The van der Waals surface area contributed by atoms with Crippen molar-refractivity contribution in [1.29, 1.82) is 0 Å². The number of aryl methyl sites for hydroxylation is 1. The van der Waals surface area contributed by atoms with E-state index in [2.05, 4.69) is 34.2 Å². The summed E-state index contributed by atoms with van der Waals surface area (Å²) in [6.07, 6.45) is 3.09. The molecular formula is C13H18N4O2S. The first-order chi connectivity index (χ1) is 9.45. The van der Waals surface area contributed by atoms with Crippen LogP contribution >= 0.6 is 0 Å². The topological polar surface area (TPSA) is 69.3 Å². The summed E-state index contributed by atoms with van der Waals surface area (Å²) in [6, 6.07) is 4.20. The zero-order valence-electron chi connectivity index (χ0n) is 11.6. The van der Waals surface area contributed by atoms with E-state index in [4.69, 9.17) is 0 Å². The molecule has 1 aliphatic rings. The van der Waals surface area contributed by atoms with Crippen LogP contribution < -0.4 is 4.90 Å². The molecule has 0 unspecified atom stereocenters. The van der Waals surface area contributed by atoms with Crippen LogP contribution in [-0.4, -0.2) is 55.4 Å². The molecule has 0 bridgehead atoms. The summed E-state index contributed by atoms with van der Waals surface area (Å²) in [5.74, 6) is 0. The monoisotopic (exact) mass is 294 g/mol. The van der Waals surface area contributed by atoms with E-state index in [1.54, 1.807) is 0 Å². The fourth-order valence-electron chi connectivity index (χ4n) is 2.70. The molecule has 108 valence electrons. The average Bonchev–Trinajstić information content (AvgIpc) is 2.85. The maximum Gasteiger partial charge on any atom is 0.211 e. The highest BCUT2D eigenvalue weighted by molar-refractivity contribution is 7.88. The van der Waals surface area contributed by atoms with E-state index in [1.165, 1.54) is 16.1 Å². The third-order valence-corrected chi connectivity index (χ3v) is 5.03. The lowest BCUT2D eigenvalue weighted by molar-refractivity contribution is 0.388. The molecule has 7 heteroatoms. The fraction of sp³-hybridized carbons (Fsp3) is 0.462. The van der Waals surface area contributed by atoms with Crippen LogP contribution in [0.15, 0.2) is 18.3 Å². The van der Waals surface area contributed by atoms with Crippen molar-refractivity contribution in [2.45, 2.75) is 6.92 Å². The first-order valence-electron chi connectivity index (χ1n) is 6.59. The van der Waals surface area contributed by atoms with Crippen LogP contribution in [0.1, 0.15) is 5.56 Å². The lowest BCUT2D eigenvalue weighted by atomic mass is 10.1. The van der Waals surface area contributed by atoms with Crippen molar-refractivity contribution in [3.63, 3.8) is 0 Å². The average molecular weight is 294 g/mol. The second-order valence-corrected chi connectivity index (χ2v) is 7.25. The van der Waals surface area contributed by atoms with Gasteiger partial charge in [0.25, 0.3) is 0 Å². The first-order valence-corrected chi connectivity index (χ1v) is 8.44. The molecule has 1 aromatic carbocycles. The van der Waals surface area contributed by atoms with Gasteiger partial charge >= 0.3 is 0 Å². The highest BCUT2D eigenvalue weighted by atomic mass is 32.2. The molecule has 1 saturated heterocycles. The Hall–Kier alpha value is -1.60. The van der Waals surface area contributed by atoms with Crippen LogP contribution in [0.3, 0.4) is 0 Å². The predicted molar refractivity (Wildman–Crippen MR) is 79.5 cm³/mol. The van der Waals surface area contributed by atoms with E-state index in [9.17, 15) is 8.42 Å². The van der Waals surface area contributed by atoms with Gasteiger partial charge in [-0.1, -0.05) is 0 Å². The number of H-pyrrole nitrogens is 1. The standard InChI is InChI=1S/C13H18N4O2S/c1-10-7-12-11(9-14-15-12)13(8-10)16-3-5-17(6-4-16)20(2,18)19/h7-9H,3-6H2,1-2H3,(H,14,15). The van der Waals surface area contributed by atoms with Crippen LogP contribution in [-0.2, 0) is 10.0 Å². The van der Waals surface area contributed by atoms with Crippen LogP contribution in [0.4, 0.5) is 5.69 Å². The van der Waals surface area contributed by atoms with E-state index in [0.717, 1.165) is 16.6 Å². The van der Waals surface area contributed by atoms with Crippen LogP contribution in [0, 0.1) is 6.92 Å². The Morgan fingerprint density at radius 1 is 1.20 bits per heavy atom. The molecule has 0 radical (unpaired) electrons. The Morgan fingerprint density at radius 2 is 1.90 bits per heavy atom. The molecule has 6 nitrogen and oxygen atoms in total. The SMILES string of the molecule is Cc1cc(N2CCN(S(C)(=O)=O)CC2)c2cn[nH]c2c1. The minimum absolute atomic E-state index is 0.534. The Balaban J connectivity index is 1.89. The summed E-state index contributed by atoms with van der Waals surface area (Å²) < 4.78 is 24.6. The highest BCUT2D eigenvalue weighted by Gasteiger charge is 2.24. The number of nitrogens with zero attached hydrogens (tertiary/aromatic N) is 3. The third kappa shape index (κ3) is 2.38. The quantitative estimate of drug-likeness (QED) is 0.895. The maximum atomic E-state index is 11.5. The maximum absolute atomic E-state index is 11.5. The van der Waals surface area contributed by atoms with Crippen molar-refractivity contribution in [2.24, 2.45) is 0 Å². The first kappa shape index (κ1) is 13.4. The summed E-state index contributed by atoms with van der Waals surface area (Å²) in [4.78, 5) is 2.23. The Morgan fingerprint density at radius 3 is 2.55 bits per heavy atom. The zero-order chi connectivity index (χ0) is 14.3. The molecule has 0 atom stereocenters. The van der Waals surface area contributed by atoms with Gasteiger partial charge in [-0.15, -0.1) is 0 Å². The number of nitrogens with one attached hydrogen (secondary N) is 1. The number of anilines is 1. The van der Waals surface area contributed by atoms with E-state index < -0.39 is 10.0 Å². The van der Waals surface area contributed by atoms with Gasteiger partial charge in [-0.3, -0.25) is 5.10 Å². The number of piperazine rings is 1. The smallest absolute Gasteiger partial charge is 0.211 e. The van der Waals surface area contributed by atoms with Crippen molar-refractivity contribution >= 4 is 26.6 Å². The van der Waals surface area contributed by atoms with Crippen molar-refractivity contribution in [1.82, 2.24) is 14.5 Å². The van der Waals surface area contributed by atoms with Crippen molar-refractivity contribution in [2.75, 3.05) is 37.3 Å². The largest absolute Gasteiger partial charge is 0.368 e. The molecule has 1 aromatic heterocycles. The number of aromatic nitrogens is 2. The molecule has 1 aliphatic heterocycles.